The van der Waals surface area contributed by atoms with E-state index < -0.39 is 5.60 Å². The molecule has 0 saturated heterocycles. The minimum atomic E-state index is -0.734. The van der Waals surface area contributed by atoms with Crippen LogP contribution in [0.15, 0.2) is 0 Å². The summed E-state index contributed by atoms with van der Waals surface area (Å²) in [5.41, 5.74) is -0.734. The van der Waals surface area contributed by atoms with Crippen LogP contribution in [0.4, 0.5) is 0 Å². The Labute approximate surface area is 99.6 Å². The largest absolute Gasteiger partial charge is 0.386 e. The number of nitrogens with one attached hydrogen (secondary N) is 1. The lowest BCUT2D eigenvalue weighted by molar-refractivity contribution is -0.0648. The summed E-state index contributed by atoms with van der Waals surface area (Å²) in [5.74, 6) is 0. The van der Waals surface area contributed by atoms with Crippen molar-refractivity contribution in [2.24, 2.45) is 0 Å². The molecule has 0 aromatic heterocycles. The van der Waals surface area contributed by atoms with Gasteiger partial charge in [0.05, 0.1) is 18.3 Å². The fourth-order valence-corrected chi connectivity index (χ4v) is 2.15. The molecule has 0 radical (unpaired) electrons. The molecule has 0 aromatic rings. The van der Waals surface area contributed by atoms with E-state index in [9.17, 15) is 5.11 Å². The van der Waals surface area contributed by atoms with Gasteiger partial charge >= 0.3 is 0 Å². The molecule has 1 saturated carbocycles. The van der Waals surface area contributed by atoms with Crippen LogP contribution in [-0.4, -0.2) is 36.5 Å². The molecule has 0 aliphatic heterocycles. The summed E-state index contributed by atoms with van der Waals surface area (Å²) < 4.78 is 5.83. The maximum Gasteiger partial charge on any atom is 0.0975 e. The van der Waals surface area contributed by atoms with Gasteiger partial charge in [0.2, 0.25) is 0 Å². The van der Waals surface area contributed by atoms with E-state index in [0.717, 1.165) is 19.4 Å². The zero-order valence-corrected chi connectivity index (χ0v) is 10.8. The third-order valence-electron chi connectivity index (χ3n) is 3.19. The highest BCUT2D eigenvalue weighted by Crippen LogP contribution is 2.20. The van der Waals surface area contributed by atoms with Gasteiger partial charge in [-0.1, -0.05) is 32.6 Å². The molecule has 1 aliphatic rings. The lowest BCUT2D eigenvalue weighted by Gasteiger charge is -2.26. The van der Waals surface area contributed by atoms with Crippen molar-refractivity contribution in [3.63, 3.8) is 0 Å². The number of rotatable bonds is 6. The Morgan fingerprint density at radius 1 is 1.25 bits per heavy atom. The van der Waals surface area contributed by atoms with Crippen LogP contribution in [0.3, 0.4) is 0 Å². The van der Waals surface area contributed by atoms with Crippen LogP contribution >= 0.6 is 0 Å². The topological polar surface area (TPSA) is 41.5 Å². The summed E-state index contributed by atoms with van der Waals surface area (Å²) >= 11 is 0. The first-order chi connectivity index (χ1) is 7.64. The van der Waals surface area contributed by atoms with Crippen molar-refractivity contribution < 1.29 is 9.84 Å². The smallest absolute Gasteiger partial charge is 0.0975 e. The van der Waals surface area contributed by atoms with E-state index in [4.69, 9.17) is 4.74 Å². The first-order valence-electron chi connectivity index (χ1n) is 6.69. The third-order valence-corrected chi connectivity index (χ3v) is 3.19. The first kappa shape index (κ1) is 13.9. The lowest BCUT2D eigenvalue weighted by atomic mass is 10.1. The van der Waals surface area contributed by atoms with E-state index in [1.54, 1.807) is 0 Å². The second-order valence-electron chi connectivity index (χ2n) is 5.20. The molecule has 16 heavy (non-hydrogen) atoms. The molecule has 1 fully saturated rings. The number of likely N-dealkylation sites (N-methyl/N-ethyl adjacent to an activating group) is 1. The summed E-state index contributed by atoms with van der Waals surface area (Å²) in [4.78, 5) is 0. The van der Waals surface area contributed by atoms with Gasteiger partial charge in [0.15, 0.2) is 0 Å². The summed E-state index contributed by atoms with van der Waals surface area (Å²) in [5, 5.41) is 13.2. The molecule has 1 rings (SSSR count). The summed E-state index contributed by atoms with van der Waals surface area (Å²) in [6, 6.07) is 0. The van der Waals surface area contributed by atoms with Crippen LogP contribution in [0.1, 0.15) is 52.4 Å². The van der Waals surface area contributed by atoms with Gasteiger partial charge in [0.25, 0.3) is 0 Å². The van der Waals surface area contributed by atoms with Gasteiger partial charge in [0.1, 0.15) is 0 Å². The number of ether oxygens (including phenoxy) is 1. The van der Waals surface area contributed by atoms with E-state index in [2.05, 4.69) is 5.32 Å². The number of aliphatic hydroxyl groups is 1. The number of hydrogen-bond donors (Lipinski definition) is 2. The molecule has 3 heteroatoms. The van der Waals surface area contributed by atoms with Crippen molar-refractivity contribution in [3.05, 3.63) is 0 Å². The Balaban J connectivity index is 2.20. The second-order valence-corrected chi connectivity index (χ2v) is 5.20. The van der Waals surface area contributed by atoms with Crippen LogP contribution in [0.5, 0.6) is 0 Å². The Hall–Kier alpha value is -0.120. The van der Waals surface area contributed by atoms with E-state index in [-0.39, 0.29) is 0 Å². The highest BCUT2D eigenvalue weighted by atomic mass is 16.5. The zero-order chi connectivity index (χ0) is 11.9. The predicted octanol–water partition coefficient (Wildman–Crippen LogP) is 2.09. The minimum Gasteiger partial charge on any atom is -0.386 e. The molecule has 0 spiro atoms. The Kier molecular flexibility index (Phi) is 6.32. The van der Waals surface area contributed by atoms with Crippen molar-refractivity contribution >= 4 is 0 Å². The van der Waals surface area contributed by atoms with Gasteiger partial charge in [-0.15, -0.1) is 0 Å². The van der Waals surface area contributed by atoms with Crippen LogP contribution < -0.4 is 5.32 Å². The maximum atomic E-state index is 10.1. The first-order valence-corrected chi connectivity index (χ1v) is 6.69. The van der Waals surface area contributed by atoms with Crippen molar-refractivity contribution in [2.75, 3.05) is 19.7 Å². The van der Waals surface area contributed by atoms with E-state index in [1.165, 1.54) is 25.7 Å². The van der Waals surface area contributed by atoms with E-state index in [0.29, 0.717) is 19.3 Å². The normalized spacial score (nSPS) is 22.7. The number of hydrogen-bond acceptors (Lipinski definition) is 3. The summed E-state index contributed by atoms with van der Waals surface area (Å²) in [7, 11) is 0. The molecular weight excluding hydrogens is 202 g/mol. The second kappa shape index (κ2) is 7.25. The van der Waals surface area contributed by atoms with Gasteiger partial charge in [-0.05, 0) is 26.3 Å². The van der Waals surface area contributed by atoms with Gasteiger partial charge < -0.3 is 15.2 Å². The quantitative estimate of drug-likeness (QED) is 0.685. The molecule has 3 nitrogen and oxygen atoms in total. The molecule has 1 aliphatic carbocycles. The summed E-state index contributed by atoms with van der Waals surface area (Å²) in [6.07, 6.45) is 7.94. The Morgan fingerprint density at radius 3 is 2.44 bits per heavy atom. The summed E-state index contributed by atoms with van der Waals surface area (Å²) in [6.45, 7) is 5.83. The van der Waals surface area contributed by atoms with E-state index in [1.807, 2.05) is 13.8 Å². The van der Waals surface area contributed by atoms with Crippen LogP contribution in [-0.2, 0) is 4.74 Å². The van der Waals surface area contributed by atoms with Gasteiger partial charge in [-0.2, -0.15) is 0 Å². The average Bonchev–Trinajstić information content (AvgIpc) is 2.52. The van der Waals surface area contributed by atoms with Gasteiger partial charge in [-0.25, -0.2) is 0 Å². The SMILES string of the molecule is CCNCC(C)(O)COC1CCCCCC1. The fraction of sp³-hybridized carbons (Fsp3) is 1.00. The van der Waals surface area contributed by atoms with Gasteiger partial charge in [0, 0.05) is 6.54 Å². The minimum absolute atomic E-state index is 0.371. The maximum absolute atomic E-state index is 10.1. The lowest BCUT2D eigenvalue weighted by Crippen LogP contribution is -2.42. The van der Waals surface area contributed by atoms with Crippen LogP contribution in [0.25, 0.3) is 0 Å². The van der Waals surface area contributed by atoms with Crippen molar-refractivity contribution in [1.82, 2.24) is 5.32 Å². The molecular formula is C13H27NO2. The zero-order valence-electron chi connectivity index (χ0n) is 10.8. The molecule has 0 bridgehead atoms. The molecule has 2 N–H and O–H groups in total. The molecule has 96 valence electrons. The van der Waals surface area contributed by atoms with Crippen molar-refractivity contribution in [3.8, 4) is 0 Å². The third kappa shape index (κ3) is 5.83. The Morgan fingerprint density at radius 2 is 1.88 bits per heavy atom. The van der Waals surface area contributed by atoms with Gasteiger partial charge in [-0.3, -0.25) is 0 Å². The standard InChI is InChI=1S/C13H27NO2/c1-3-14-10-13(2,15)11-16-12-8-6-4-5-7-9-12/h12,14-15H,3-11H2,1-2H3. The average molecular weight is 229 g/mol. The predicted molar refractivity (Wildman–Crippen MR) is 66.6 cm³/mol. The van der Waals surface area contributed by atoms with Crippen LogP contribution in [0.2, 0.25) is 0 Å². The molecule has 0 aromatic carbocycles. The van der Waals surface area contributed by atoms with Crippen LogP contribution in [0, 0.1) is 0 Å². The molecule has 0 amide bonds. The van der Waals surface area contributed by atoms with E-state index >= 15 is 0 Å². The molecule has 1 atom stereocenters. The fourth-order valence-electron chi connectivity index (χ4n) is 2.15. The molecule has 1 unspecified atom stereocenters. The molecule has 0 heterocycles. The highest BCUT2D eigenvalue weighted by molar-refractivity contribution is 4.76. The Bertz CT molecular complexity index is 175. The monoisotopic (exact) mass is 229 g/mol. The van der Waals surface area contributed by atoms with Crippen molar-refractivity contribution in [2.45, 2.75) is 64.1 Å². The van der Waals surface area contributed by atoms with Crippen molar-refractivity contribution in [1.29, 1.82) is 0 Å². The highest BCUT2D eigenvalue weighted by Gasteiger charge is 2.22.